The fourth-order valence-corrected chi connectivity index (χ4v) is 1.22. The average Bonchev–Trinajstić information content (AvgIpc) is 2.33. The molecule has 0 amide bonds. The molecule has 18 heavy (non-hydrogen) atoms. The van der Waals surface area contributed by atoms with Crippen LogP contribution in [-0.2, 0) is 20.7 Å². The van der Waals surface area contributed by atoms with E-state index in [-0.39, 0.29) is 25.6 Å². The monoisotopic (exact) mass is 253 g/mol. The van der Waals surface area contributed by atoms with Gasteiger partial charge in [0.25, 0.3) is 0 Å². The van der Waals surface area contributed by atoms with Crippen molar-refractivity contribution in [1.82, 2.24) is 4.98 Å². The Morgan fingerprint density at radius 2 is 2.11 bits per heavy atom. The smallest absolute Gasteiger partial charge is 0.303 e. The third-order valence-corrected chi connectivity index (χ3v) is 2.05. The molecular formula is C12H15NO5. The van der Waals surface area contributed by atoms with E-state index < -0.39 is 5.97 Å². The summed E-state index contributed by atoms with van der Waals surface area (Å²) in [6.07, 6.45) is 1.97. The molecule has 6 nitrogen and oxygen atoms in total. The van der Waals surface area contributed by atoms with Crippen molar-refractivity contribution in [3.63, 3.8) is 0 Å². The van der Waals surface area contributed by atoms with Crippen LogP contribution < -0.4 is 4.74 Å². The Bertz CT molecular complexity index is 401. The molecule has 0 saturated heterocycles. The van der Waals surface area contributed by atoms with Crippen molar-refractivity contribution >= 4 is 11.9 Å². The van der Waals surface area contributed by atoms with Gasteiger partial charge in [-0.2, -0.15) is 0 Å². The van der Waals surface area contributed by atoms with E-state index in [4.69, 9.17) is 14.6 Å². The number of aryl methyl sites for hydroxylation is 1. The minimum Gasteiger partial charge on any atom is -0.488 e. The van der Waals surface area contributed by atoms with Gasteiger partial charge in [0.2, 0.25) is 0 Å². The Morgan fingerprint density at radius 1 is 1.33 bits per heavy atom. The maximum absolute atomic E-state index is 10.5. The van der Waals surface area contributed by atoms with E-state index in [0.29, 0.717) is 17.9 Å². The van der Waals surface area contributed by atoms with Crippen molar-refractivity contribution in [2.45, 2.75) is 19.8 Å². The number of ether oxygens (including phenoxy) is 2. The summed E-state index contributed by atoms with van der Waals surface area (Å²) in [7, 11) is 0. The average molecular weight is 253 g/mol. The van der Waals surface area contributed by atoms with Crippen LogP contribution in [-0.4, -0.2) is 35.2 Å². The van der Waals surface area contributed by atoms with Crippen LogP contribution in [0.5, 0.6) is 5.75 Å². The number of carboxylic acids is 1. The molecule has 0 aromatic carbocycles. The quantitative estimate of drug-likeness (QED) is 0.577. The van der Waals surface area contributed by atoms with Crippen LogP contribution >= 0.6 is 0 Å². The number of carbonyl (C=O) groups excluding carboxylic acids is 1. The minimum atomic E-state index is -0.849. The lowest BCUT2D eigenvalue weighted by atomic mass is 10.2. The van der Waals surface area contributed by atoms with Crippen molar-refractivity contribution in [2.75, 3.05) is 13.2 Å². The number of nitrogens with zero attached hydrogens (tertiary/aromatic N) is 1. The molecule has 0 spiro atoms. The predicted octanol–water partition coefficient (Wildman–Crippen LogP) is 1.04. The van der Waals surface area contributed by atoms with Crippen molar-refractivity contribution in [3.8, 4) is 5.75 Å². The Morgan fingerprint density at radius 3 is 2.67 bits per heavy atom. The minimum absolute atomic E-state index is 0.0552. The zero-order chi connectivity index (χ0) is 13.4. The van der Waals surface area contributed by atoms with E-state index in [9.17, 15) is 9.59 Å². The molecule has 0 aliphatic rings. The van der Waals surface area contributed by atoms with Gasteiger partial charge in [-0.1, -0.05) is 0 Å². The summed E-state index contributed by atoms with van der Waals surface area (Å²) in [6.45, 7) is 1.78. The van der Waals surface area contributed by atoms with Gasteiger partial charge in [0, 0.05) is 19.0 Å². The lowest BCUT2D eigenvalue weighted by Crippen LogP contribution is -2.09. The molecule has 0 saturated carbocycles. The van der Waals surface area contributed by atoms with Crippen LogP contribution in [0.15, 0.2) is 18.3 Å². The number of carbonyl (C=O) groups is 2. The Labute approximate surface area is 105 Å². The molecule has 6 heteroatoms. The Kier molecular flexibility index (Phi) is 5.63. The summed E-state index contributed by atoms with van der Waals surface area (Å²) >= 11 is 0. The van der Waals surface area contributed by atoms with Crippen molar-refractivity contribution in [3.05, 3.63) is 24.0 Å². The highest BCUT2D eigenvalue weighted by molar-refractivity contribution is 5.67. The highest BCUT2D eigenvalue weighted by atomic mass is 16.6. The topological polar surface area (TPSA) is 85.7 Å². The van der Waals surface area contributed by atoms with Crippen LogP contribution in [0.4, 0.5) is 0 Å². The van der Waals surface area contributed by atoms with Crippen LogP contribution in [0.2, 0.25) is 0 Å². The molecule has 1 heterocycles. The van der Waals surface area contributed by atoms with Gasteiger partial charge in [0.05, 0.1) is 12.6 Å². The van der Waals surface area contributed by atoms with Gasteiger partial charge in [-0.05, 0) is 12.1 Å². The summed E-state index contributed by atoms with van der Waals surface area (Å²) < 4.78 is 9.98. The molecule has 0 atom stereocenters. The molecular weight excluding hydrogens is 238 g/mol. The van der Waals surface area contributed by atoms with Gasteiger partial charge < -0.3 is 14.6 Å². The third kappa shape index (κ3) is 5.83. The number of aromatic nitrogens is 1. The van der Waals surface area contributed by atoms with E-state index in [0.717, 1.165) is 0 Å². The number of pyridine rings is 1. The van der Waals surface area contributed by atoms with Crippen LogP contribution in [0.1, 0.15) is 19.0 Å². The first-order valence-corrected chi connectivity index (χ1v) is 5.51. The summed E-state index contributed by atoms with van der Waals surface area (Å²) in [5, 5.41) is 8.52. The molecule has 0 aliphatic heterocycles. The highest BCUT2D eigenvalue weighted by Crippen LogP contribution is 2.10. The van der Waals surface area contributed by atoms with Gasteiger partial charge in [0.15, 0.2) is 0 Å². The van der Waals surface area contributed by atoms with Crippen LogP contribution in [0, 0.1) is 0 Å². The fraction of sp³-hybridized carbons (Fsp3) is 0.417. The van der Waals surface area contributed by atoms with E-state index in [1.54, 1.807) is 12.1 Å². The highest BCUT2D eigenvalue weighted by Gasteiger charge is 2.01. The number of esters is 1. The van der Waals surface area contributed by atoms with Crippen molar-refractivity contribution in [2.24, 2.45) is 0 Å². The summed E-state index contributed by atoms with van der Waals surface area (Å²) in [6, 6.07) is 3.42. The molecule has 1 N–H and O–H groups in total. The predicted molar refractivity (Wildman–Crippen MR) is 62.3 cm³/mol. The molecule has 1 aromatic heterocycles. The van der Waals surface area contributed by atoms with Crippen molar-refractivity contribution < 1.29 is 24.2 Å². The number of rotatable bonds is 7. The lowest BCUT2D eigenvalue weighted by molar-refractivity contribution is -0.141. The Hall–Kier alpha value is -2.11. The van der Waals surface area contributed by atoms with Crippen molar-refractivity contribution in [1.29, 1.82) is 0 Å². The lowest BCUT2D eigenvalue weighted by Gasteiger charge is -2.06. The van der Waals surface area contributed by atoms with Gasteiger partial charge in [-0.25, -0.2) is 0 Å². The molecule has 0 fully saturated rings. The van der Waals surface area contributed by atoms with Gasteiger partial charge in [-0.3, -0.25) is 14.6 Å². The second kappa shape index (κ2) is 7.26. The number of hydrogen-bond acceptors (Lipinski definition) is 5. The molecule has 1 rings (SSSR count). The van der Waals surface area contributed by atoms with Gasteiger partial charge >= 0.3 is 11.9 Å². The first kappa shape index (κ1) is 14.0. The summed E-state index contributed by atoms with van der Waals surface area (Å²) in [5.74, 6) is -0.638. The third-order valence-electron chi connectivity index (χ3n) is 2.05. The van der Waals surface area contributed by atoms with Crippen LogP contribution in [0.3, 0.4) is 0 Å². The van der Waals surface area contributed by atoms with E-state index in [2.05, 4.69) is 4.98 Å². The molecule has 1 aromatic rings. The number of hydrogen-bond donors (Lipinski definition) is 1. The zero-order valence-corrected chi connectivity index (χ0v) is 10.1. The van der Waals surface area contributed by atoms with E-state index >= 15 is 0 Å². The standard InChI is InChI=1S/C12H15NO5/c1-9(14)17-6-7-18-11-4-2-10(13-8-11)3-5-12(15)16/h2,4,8H,3,5-7H2,1H3,(H,15,16). The molecule has 0 radical (unpaired) electrons. The largest absolute Gasteiger partial charge is 0.488 e. The fourth-order valence-electron chi connectivity index (χ4n) is 1.22. The normalized spacial score (nSPS) is 9.83. The summed E-state index contributed by atoms with van der Waals surface area (Å²) in [4.78, 5) is 24.9. The Balaban J connectivity index is 2.31. The molecule has 98 valence electrons. The molecule has 0 aliphatic carbocycles. The second-order valence-electron chi connectivity index (χ2n) is 3.57. The number of aliphatic carboxylic acids is 1. The second-order valence-corrected chi connectivity index (χ2v) is 3.57. The van der Waals surface area contributed by atoms with Gasteiger partial charge in [-0.15, -0.1) is 0 Å². The maximum Gasteiger partial charge on any atom is 0.303 e. The zero-order valence-electron chi connectivity index (χ0n) is 10.1. The molecule has 0 unspecified atom stereocenters. The number of carboxylic acid groups (broad SMARTS) is 1. The van der Waals surface area contributed by atoms with Gasteiger partial charge in [0.1, 0.15) is 19.0 Å². The first-order chi connectivity index (χ1) is 8.58. The maximum atomic E-state index is 10.5. The molecule has 0 bridgehead atoms. The van der Waals surface area contributed by atoms with Crippen LogP contribution in [0.25, 0.3) is 0 Å². The summed E-state index contributed by atoms with van der Waals surface area (Å²) in [5.41, 5.74) is 0.699. The van der Waals surface area contributed by atoms with E-state index in [1.807, 2.05) is 0 Å². The SMILES string of the molecule is CC(=O)OCCOc1ccc(CCC(=O)O)nc1. The first-order valence-electron chi connectivity index (χ1n) is 5.51. The van der Waals surface area contributed by atoms with E-state index in [1.165, 1.54) is 13.1 Å².